The van der Waals surface area contributed by atoms with Crippen LogP contribution < -0.4 is 4.90 Å². The number of hydrogen-bond acceptors (Lipinski definition) is 1. The SMILES string of the molecule is C(=Cc1ccc(N(c2ccc3ccccc3c2)c2ccc3ccccc3c2)cc1)c1ccc(C(c2ccc3ccccc3c2)c2ccc3ccccc3c2)cc1. The van der Waals surface area contributed by atoms with Crippen molar-refractivity contribution in [3.05, 3.63) is 246 Å². The second-order valence-corrected chi connectivity index (χ2v) is 14.6. The summed E-state index contributed by atoms with van der Waals surface area (Å²) in [6.07, 6.45) is 4.42. The Hall–Kier alpha value is -7.22. The third-order valence-electron chi connectivity index (χ3n) is 11.1. The van der Waals surface area contributed by atoms with Gasteiger partial charge in [0.2, 0.25) is 0 Å². The molecule has 0 aromatic heterocycles. The van der Waals surface area contributed by atoms with Gasteiger partial charge in [-0.05, 0) is 107 Å². The smallest absolute Gasteiger partial charge is 0.0468 e. The first-order valence-electron chi connectivity index (χ1n) is 19.4. The van der Waals surface area contributed by atoms with Crippen molar-refractivity contribution in [1.82, 2.24) is 0 Å². The first-order chi connectivity index (χ1) is 27.7. The summed E-state index contributed by atoms with van der Waals surface area (Å²) < 4.78 is 0. The molecule has 0 atom stereocenters. The lowest BCUT2D eigenvalue weighted by atomic mass is 9.83. The molecule has 0 heterocycles. The molecule has 264 valence electrons. The Bertz CT molecular complexity index is 2660. The number of benzene rings is 10. The molecule has 10 rings (SSSR count). The molecule has 0 aliphatic carbocycles. The summed E-state index contributed by atoms with van der Waals surface area (Å²) in [6, 6.07) is 79.6. The quantitative estimate of drug-likeness (QED) is 0.112. The molecule has 0 aliphatic heterocycles. The molecule has 0 unspecified atom stereocenters. The van der Waals surface area contributed by atoms with Gasteiger partial charge < -0.3 is 4.90 Å². The van der Waals surface area contributed by atoms with E-state index in [-0.39, 0.29) is 5.92 Å². The summed E-state index contributed by atoms with van der Waals surface area (Å²) in [7, 11) is 0. The van der Waals surface area contributed by atoms with Gasteiger partial charge in [0.05, 0.1) is 0 Å². The summed E-state index contributed by atoms with van der Waals surface area (Å²) >= 11 is 0. The van der Waals surface area contributed by atoms with E-state index in [4.69, 9.17) is 0 Å². The molecule has 0 radical (unpaired) electrons. The van der Waals surface area contributed by atoms with Crippen LogP contribution in [-0.2, 0) is 0 Å². The van der Waals surface area contributed by atoms with Crippen LogP contribution in [-0.4, -0.2) is 0 Å². The zero-order valence-electron chi connectivity index (χ0n) is 31.0. The fourth-order valence-electron chi connectivity index (χ4n) is 8.16. The lowest BCUT2D eigenvalue weighted by Gasteiger charge is -2.26. The largest absolute Gasteiger partial charge is 0.310 e. The molecule has 0 bridgehead atoms. The van der Waals surface area contributed by atoms with Gasteiger partial charge >= 0.3 is 0 Å². The molecular formula is C55H39N. The van der Waals surface area contributed by atoms with E-state index in [2.05, 4.69) is 235 Å². The van der Waals surface area contributed by atoms with E-state index in [1.54, 1.807) is 0 Å². The van der Waals surface area contributed by atoms with Crippen molar-refractivity contribution < 1.29 is 0 Å². The van der Waals surface area contributed by atoms with Crippen molar-refractivity contribution in [3.63, 3.8) is 0 Å². The highest BCUT2D eigenvalue weighted by Gasteiger charge is 2.18. The molecule has 1 nitrogen and oxygen atoms in total. The van der Waals surface area contributed by atoms with Gasteiger partial charge in [0, 0.05) is 23.0 Å². The maximum absolute atomic E-state index is 2.35. The Morgan fingerprint density at radius 1 is 0.268 bits per heavy atom. The molecule has 56 heavy (non-hydrogen) atoms. The van der Waals surface area contributed by atoms with Crippen LogP contribution in [0.2, 0.25) is 0 Å². The predicted molar refractivity (Wildman–Crippen MR) is 240 cm³/mol. The van der Waals surface area contributed by atoms with Crippen LogP contribution in [0.1, 0.15) is 33.7 Å². The highest BCUT2D eigenvalue weighted by Crippen LogP contribution is 2.38. The standard InChI is InChI=1S/C55H39N/c1-5-13-46-35-50(27-25-41(46)9-1)55(51-28-26-42-10-2-6-14-47(42)36-51)45-23-19-39(20-24-45)17-18-40-21-31-52(32-22-40)56(53-33-29-43-11-3-7-15-48(43)37-53)54-34-30-44-12-4-8-16-49(44)38-54/h1-38,55H. The second kappa shape index (κ2) is 14.5. The number of nitrogens with zero attached hydrogens (tertiary/aromatic N) is 1. The zero-order valence-corrected chi connectivity index (χ0v) is 31.0. The summed E-state index contributed by atoms with van der Waals surface area (Å²) in [5, 5.41) is 9.97. The van der Waals surface area contributed by atoms with E-state index in [1.165, 1.54) is 65.3 Å². The third kappa shape index (κ3) is 6.61. The maximum Gasteiger partial charge on any atom is 0.0468 e. The summed E-state index contributed by atoms with van der Waals surface area (Å²) in [5.74, 6) is 0.114. The van der Waals surface area contributed by atoms with Gasteiger partial charge in [0.1, 0.15) is 0 Å². The van der Waals surface area contributed by atoms with Gasteiger partial charge in [0.25, 0.3) is 0 Å². The lowest BCUT2D eigenvalue weighted by molar-refractivity contribution is 0.983. The van der Waals surface area contributed by atoms with Crippen molar-refractivity contribution in [3.8, 4) is 0 Å². The summed E-state index contributed by atoms with van der Waals surface area (Å²) in [6.45, 7) is 0. The van der Waals surface area contributed by atoms with Crippen LogP contribution in [0.4, 0.5) is 17.1 Å². The topological polar surface area (TPSA) is 3.24 Å². The van der Waals surface area contributed by atoms with Crippen LogP contribution >= 0.6 is 0 Å². The second-order valence-electron chi connectivity index (χ2n) is 14.6. The van der Waals surface area contributed by atoms with E-state index in [1.807, 2.05) is 0 Å². The van der Waals surface area contributed by atoms with Gasteiger partial charge in [-0.15, -0.1) is 0 Å². The highest BCUT2D eigenvalue weighted by atomic mass is 15.1. The number of anilines is 3. The molecule has 0 saturated carbocycles. The minimum Gasteiger partial charge on any atom is -0.310 e. The lowest BCUT2D eigenvalue weighted by Crippen LogP contribution is -2.09. The monoisotopic (exact) mass is 713 g/mol. The van der Waals surface area contributed by atoms with E-state index in [0.29, 0.717) is 0 Å². The molecular weight excluding hydrogens is 675 g/mol. The fraction of sp³-hybridized carbons (Fsp3) is 0.0182. The third-order valence-corrected chi connectivity index (χ3v) is 11.1. The molecule has 10 aromatic carbocycles. The molecule has 0 spiro atoms. The molecule has 0 aliphatic rings. The number of fused-ring (bicyclic) bond motifs is 4. The van der Waals surface area contributed by atoms with Crippen LogP contribution in [0.25, 0.3) is 55.2 Å². The minimum atomic E-state index is 0.114. The van der Waals surface area contributed by atoms with Crippen molar-refractivity contribution in [2.24, 2.45) is 0 Å². The number of hydrogen-bond donors (Lipinski definition) is 0. The van der Waals surface area contributed by atoms with Gasteiger partial charge in [-0.1, -0.05) is 194 Å². The molecule has 1 heteroatoms. The minimum absolute atomic E-state index is 0.114. The van der Waals surface area contributed by atoms with Crippen molar-refractivity contribution >= 4 is 72.3 Å². The Balaban J connectivity index is 0.953. The van der Waals surface area contributed by atoms with Gasteiger partial charge in [-0.3, -0.25) is 0 Å². The van der Waals surface area contributed by atoms with Crippen LogP contribution in [0.3, 0.4) is 0 Å². The Labute approximate surface area is 328 Å². The Morgan fingerprint density at radius 2 is 0.589 bits per heavy atom. The fourth-order valence-corrected chi connectivity index (χ4v) is 8.16. The van der Waals surface area contributed by atoms with E-state index >= 15 is 0 Å². The van der Waals surface area contributed by atoms with E-state index in [0.717, 1.165) is 22.6 Å². The molecule has 0 saturated heterocycles. The predicted octanol–water partition coefficient (Wildman–Crippen LogP) is 15.1. The van der Waals surface area contributed by atoms with Crippen LogP contribution in [0.15, 0.2) is 218 Å². The molecule has 0 amide bonds. The van der Waals surface area contributed by atoms with Crippen molar-refractivity contribution in [2.45, 2.75) is 5.92 Å². The first kappa shape index (κ1) is 33.4. The molecule has 0 N–H and O–H groups in total. The van der Waals surface area contributed by atoms with Crippen molar-refractivity contribution in [1.29, 1.82) is 0 Å². The Kier molecular flexibility index (Phi) is 8.67. The molecule has 10 aromatic rings. The molecule has 0 fully saturated rings. The van der Waals surface area contributed by atoms with Gasteiger partial charge in [-0.2, -0.15) is 0 Å². The normalized spacial score (nSPS) is 11.7. The number of rotatable bonds is 8. The van der Waals surface area contributed by atoms with Gasteiger partial charge in [0.15, 0.2) is 0 Å². The summed E-state index contributed by atoms with van der Waals surface area (Å²) in [4.78, 5) is 2.35. The summed E-state index contributed by atoms with van der Waals surface area (Å²) in [5.41, 5.74) is 9.57. The van der Waals surface area contributed by atoms with Crippen LogP contribution in [0, 0.1) is 0 Å². The average molecular weight is 714 g/mol. The average Bonchev–Trinajstić information content (AvgIpc) is 3.26. The maximum atomic E-state index is 2.35. The first-order valence-corrected chi connectivity index (χ1v) is 19.4. The Morgan fingerprint density at radius 3 is 1.02 bits per heavy atom. The van der Waals surface area contributed by atoms with E-state index < -0.39 is 0 Å². The zero-order chi connectivity index (χ0) is 37.3. The van der Waals surface area contributed by atoms with E-state index in [9.17, 15) is 0 Å². The highest BCUT2D eigenvalue weighted by molar-refractivity contribution is 5.93. The van der Waals surface area contributed by atoms with Crippen LogP contribution in [0.5, 0.6) is 0 Å². The van der Waals surface area contributed by atoms with Crippen molar-refractivity contribution in [2.75, 3.05) is 4.90 Å². The van der Waals surface area contributed by atoms with Gasteiger partial charge in [-0.25, -0.2) is 0 Å².